The highest BCUT2D eigenvalue weighted by molar-refractivity contribution is 7.89. The first kappa shape index (κ1) is 13.3. The summed E-state index contributed by atoms with van der Waals surface area (Å²) in [7, 11) is -3.22. The van der Waals surface area contributed by atoms with E-state index in [0.717, 1.165) is 19.3 Å². The van der Waals surface area contributed by atoms with Gasteiger partial charge in [0.05, 0.1) is 17.9 Å². The van der Waals surface area contributed by atoms with E-state index in [2.05, 4.69) is 4.72 Å². The van der Waals surface area contributed by atoms with E-state index in [1.165, 1.54) is 0 Å². The standard InChI is InChI=1S/C11H21NO4S/c13-6-1-2-8-17(14,15)12-10-5-7-16-11(10)9-3-4-9/h9-13H,1-8H2. The number of aliphatic hydroxyl groups is 1. The molecule has 0 amide bonds. The number of aliphatic hydroxyl groups excluding tert-OH is 1. The molecular weight excluding hydrogens is 242 g/mol. The highest BCUT2D eigenvalue weighted by Gasteiger charge is 2.41. The Labute approximate surface area is 103 Å². The molecular formula is C11H21NO4S. The van der Waals surface area contributed by atoms with E-state index in [9.17, 15) is 8.42 Å². The molecule has 17 heavy (non-hydrogen) atoms. The van der Waals surface area contributed by atoms with E-state index in [4.69, 9.17) is 9.84 Å². The lowest BCUT2D eigenvalue weighted by atomic mass is 10.1. The zero-order valence-corrected chi connectivity index (χ0v) is 10.8. The monoisotopic (exact) mass is 263 g/mol. The summed E-state index contributed by atoms with van der Waals surface area (Å²) in [5.74, 6) is 0.657. The Morgan fingerprint density at radius 1 is 1.24 bits per heavy atom. The van der Waals surface area contributed by atoms with Crippen LogP contribution in [0.2, 0.25) is 0 Å². The summed E-state index contributed by atoms with van der Waals surface area (Å²) in [6.45, 7) is 0.706. The number of unbranched alkanes of at least 4 members (excludes halogenated alkanes) is 1. The summed E-state index contributed by atoms with van der Waals surface area (Å²) in [4.78, 5) is 0. The molecule has 2 N–H and O–H groups in total. The quantitative estimate of drug-likeness (QED) is 0.645. The Bertz CT molecular complexity index is 339. The molecule has 0 aromatic carbocycles. The molecule has 1 saturated carbocycles. The molecule has 2 rings (SSSR count). The molecule has 0 aromatic heterocycles. The van der Waals surface area contributed by atoms with Crippen LogP contribution in [-0.4, -0.2) is 44.6 Å². The largest absolute Gasteiger partial charge is 0.396 e. The Hall–Kier alpha value is -0.170. The number of nitrogens with one attached hydrogen (secondary N) is 1. The van der Waals surface area contributed by atoms with E-state index >= 15 is 0 Å². The van der Waals surface area contributed by atoms with Crippen LogP contribution in [0.5, 0.6) is 0 Å². The molecule has 2 atom stereocenters. The molecule has 0 aromatic rings. The van der Waals surface area contributed by atoms with Crippen molar-refractivity contribution >= 4 is 10.0 Å². The van der Waals surface area contributed by atoms with Crippen molar-refractivity contribution in [3.8, 4) is 0 Å². The lowest BCUT2D eigenvalue weighted by Crippen LogP contribution is -2.42. The first-order chi connectivity index (χ1) is 8.12. The summed E-state index contributed by atoms with van der Waals surface area (Å²) < 4.78 is 31.9. The van der Waals surface area contributed by atoms with Crippen molar-refractivity contribution in [2.75, 3.05) is 19.0 Å². The molecule has 100 valence electrons. The van der Waals surface area contributed by atoms with Gasteiger partial charge in [0.15, 0.2) is 0 Å². The second-order valence-electron chi connectivity index (χ2n) is 4.94. The number of sulfonamides is 1. The van der Waals surface area contributed by atoms with Gasteiger partial charge in [0.1, 0.15) is 0 Å². The molecule has 6 heteroatoms. The van der Waals surface area contributed by atoms with Crippen LogP contribution in [-0.2, 0) is 14.8 Å². The molecule has 5 nitrogen and oxygen atoms in total. The molecule has 2 fully saturated rings. The maximum Gasteiger partial charge on any atom is 0.211 e. The highest BCUT2D eigenvalue weighted by atomic mass is 32.2. The van der Waals surface area contributed by atoms with Crippen molar-refractivity contribution in [2.45, 2.75) is 44.2 Å². The van der Waals surface area contributed by atoms with Crippen LogP contribution >= 0.6 is 0 Å². The zero-order chi connectivity index (χ0) is 12.3. The first-order valence-electron chi connectivity index (χ1n) is 6.35. The Morgan fingerprint density at radius 2 is 2.00 bits per heavy atom. The highest BCUT2D eigenvalue weighted by Crippen LogP contribution is 2.38. The van der Waals surface area contributed by atoms with E-state index < -0.39 is 10.0 Å². The molecule has 2 aliphatic rings. The zero-order valence-electron chi connectivity index (χ0n) is 9.97. The van der Waals surface area contributed by atoms with Crippen molar-refractivity contribution < 1.29 is 18.3 Å². The summed E-state index contributed by atoms with van der Waals surface area (Å²) in [5.41, 5.74) is 0. The smallest absolute Gasteiger partial charge is 0.211 e. The molecule has 0 bridgehead atoms. The third-order valence-electron chi connectivity index (χ3n) is 3.37. The van der Waals surface area contributed by atoms with Crippen LogP contribution in [0.15, 0.2) is 0 Å². The molecule has 1 aliphatic carbocycles. The fourth-order valence-corrected chi connectivity index (χ4v) is 3.74. The van der Waals surface area contributed by atoms with Crippen LogP contribution in [0.3, 0.4) is 0 Å². The number of rotatable bonds is 7. The Kier molecular flexibility index (Phi) is 4.41. The van der Waals surface area contributed by atoms with Crippen molar-refractivity contribution in [2.24, 2.45) is 5.92 Å². The third kappa shape index (κ3) is 3.91. The van der Waals surface area contributed by atoms with Gasteiger partial charge in [-0.15, -0.1) is 0 Å². The topological polar surface area (TPSA) is 75.6 Å². The Morgan fingerprint density at radius 3 is 2.65 bits per heavy atom. The number of hydrogen-bond donors (Lipinski definition) is 2. The SMILES string of the molecule is O=S(=O)(CCCCO)NC1CCOC1C1CC1. The van der Waals surface area contributed by atoms with Crippen LogP contribution in [0.25, 0.3) is 0 Å². The normalized spacial score (nSPS) is 29.7. The van der Waals surface area contributed by atoms with Crippen LogP contribution < -0.4 is 4.72 Å². The summed E-state index contributed by atoms with van der Waals surface area (Å²) in [6.07, 6.45) is 4.23. The summed E-state index contributed by atoms with van der Waals surface area (Å²) in [6, 6.07) is -0.0402. The lowest BCUT2D eigenvalue weighted by Gasteiger charge is -2.19. The lowest BCUT2D eigenvalue weighted by molar-refractivity contribution is 0.0848. The fourth-order valence-electron chi connectivity index (χ4n) is 2.32. The van der Waals surface area contributed by atoms with Gasteiger partial charge in [-0.3, -0.25) is 0 Å². The fraction of sp³-hybridized carbons (Fsp3) is 1.00. The van der Waals surface area contributed by atoms with Crippen LogP contribution in [0.4, 0.5) is 0 Å². The molecule has 1 aliphatic heterocycles. The van der Waals surface area contributed by atoms with Crippen LogP contribution in [0, 0.1) is 5.92 Å². The van der Waals surface area contributed by atoms with E-state index in [0.29, 0.717) is 25.4 Å². The van der Waals surface area contributed by atoms with Gasteiger partial charge in [-0.05, 0) is 38.0 Å². The minimum absolute atomic E-state index is 0.0402. The summed E-state index contributed by atoms with van der Waals surface area (Å²) >= 11 is 0. The maximum atomic E-state index is 11.8. The average Bonchev–Trinajstić information content (AvgIpc) is 3.00. The van der Waals surface area contributed by atoms with Crippen molar-refractivity contribution in [1.29, 1.82) is 0 Å². The predicted molar refractivity (Wildman–Crippen MR) is 64.1 cm³/mol. The van der Waals surface area contributed by atoms with Gasteiger partial charge >= 0.3 is 0 Å². The second-order valence-corrected chi connectivity index (χ2v) is 6.81. The predicted octanol–water partition coefficient (Wildman–Crippen LogP) is 0.246. The molecule has 0 spiro atoms. The maximum absolute atomic E-state index is 11.8. The van der Waals surface area contributed by atoms with E-state index in [1.807, 2.05) is 0 Å². The molecule has 0 radical (unpaired) electrons. The minimum atomic E-state index is -3.22. The van der Waals surface area contributed by atoms with Crippen molar-refractivity contribution in [3.05, 3.63) is 0 Å². The van der Waals surface area contributed by atoms with Crippen molar-refractivity contribution in [1.82, 2.24) is 4.72 Å². The van der Waals surface area contributed by atoms with E-state index in [-0.39, 0.29) is 24.5 Å². The third-order valence-corrected chi connectivity index (χ3v) is 4.86. The van der Waals surface area contributed by atoms with Gasteiger partial charge in [-0.25, -0.2) is 13.1 Å². The molecule has 2 unspecified atom stereocenters. The van der Waals surface area contributed by atoms with Gasteiger partial charge < -0.3 is 9.84 Å². The van der Waals surface area contributed by atoms with Crippen LogP contribution in [0.1, 0.15) is 32.1 Å². The average molecular weight is 263 g/mol. The Balaban J connectivity index is 1.81. The second kappa shape index (κ2) is 5.65. The van der Waals surface area contributed by atoms with Gasteiger partial charge in [0, 0.05) is 13.2 Å². The van der Waals surface area contributed by atoms with E-state index in [1.54, 1.807) is 0 Å². The molecule has 1 heterocycles. The number of hydrogen-bond acceptors (Lipinski definition) is 4. The molecule has 1 saturated heterocycles. The van der Waals surface area contributed by atoms with Gasteiger partial charge in [-0.1, -0.05) is 0 Å². The first-order valence-corrected chi connectivity index (χ1v) is 8.00. The van der Waals surface area contributed by atoms with Gasteiger partial charge in [0.25, 0.3) is 0 Å². The van der Waals surface area contributed by atoms with Gasteiger partial charge in [0.2, 0.25) is 10.0 Å². The summed E-state index contributed by atoms with van der Waals surface area (Å²) in [5, 5.41) is 8.64. The van der Waals surface area contributed by atoms with Crippen molar-refractivity contribution in [3.63, 3.8) is 0 Å². The minimum Gasteiger partial charge on any atom is -0.396 e. The number of ether oxygens (including phenoxy) is 1. The van der Waals surface area contributed by atoms with Gasteiger partial charge in [-0.2, -0.15) is 0 Å².